The maximum Gasteiger partial charge on any atom is 0.180 e. The summed E-state index contributed by atoms with van der Waals surface area (Å²) in [4.78, 5) is 0.368. The quantitative estimate of drug-likeness (QED) is 0.770. The first-order chi connectivity index (χ1) is 9.01. The van der Waals surface area contributed by atoms with Crippen LogP contribution in [-0.4, -0.2) is 31.9 Å². The third kappa shape index (κ3) is 4.84. The molecule has 19 heavy (non-hydrogen) atoms. The highest BCUT2D eigenvalue weighted by atomic mass is 32.2. The summed E-state index contributed by atoms with van der Waals surface area (Å²) in [6.07, 6.45) is 2.12. The first kappa shape index (κ1) is 16.0. The predicted octanol–water partition coefficient (Wildman–Crippen LogP) is 2.44. The van der Waals surface area contributed by atoms with Crippen LogP contribution in [0.25, 0.3) is 0 Å². The van der Waals surface area contributed by atoms with Crippen LogP contribution in [0, 0.1) is 0 Å². The van der Waals surface area contributed by atoms with Crippen molar-refractivity contribution in [3.63, 3.8) is 0 Å². The van der Waals surface area contributed by atoms with E-state index < -0.39 is 9.84 Å². The average Bonchev–Trinajstić information content (AvgIpc) is 2.36. The second-order valence-electron chi connectivity index (χ2n) is 4.73. The molecule has 5 heteroatoms. The van der Waals surface area contributed by atoms with Gasteiger partial charge in [-0.05, 0) is 38.3 Å². The molecule has 0 aliphatic heterocycles. The minimum absolute atomic E-state index is 0.130. The van der Waals surface area contributed by atoms with Gasteiger partial charge in [0.05, 0.1) is 16.3 Å². The number of anilines is 1. The average molecular weight is 285 g/mol. The molecule has 0 aromatic heterocycles. The lowest BCUT2D eigenvalue weighted by Gasteiger charge is -2.17. The summed E-state index contributed by atoms with van der Waals surface area (Å²) in [5, 5.41) is 12.0. The highest BCUT2D eigenvalue weighted by Gasteiger charge is 2.18. The Morgan fingerprint density at radius 2 is 2.00 bits per heavy atom. The summed E-state index contributed by atoms with van der Waals surface area (Å²) < 4.78 is 24.3. The molecule has 0 heterocycles. The normalized spacial score (nSPS) is 13.2. The minimum atomic E-state index is -3.22. The van der Waals surface area contributed by atoms with Crippen LogP contribution in [0.1, 0.15) is 33.1 Å². The highest BCUT2D eigenvalue weighted by molar-refractivity contribution is 7.91. The molecule has 1 aromatic carbocycles. The van der Waals surface area contributed by atoms with Gasteiger partial charge in [-0.1, -0.05) is 19.1 Å². The van der Waals surface area contributed by atoms with E-state index in [9.17, 15) is 8.42 Å². The Bertz CT molecular complexity index is 485. The van der Waals surface area contributed by atoms with Gasteiger partial charge in [0.15, 0.2) is 9.84 Å². The van der Waals surface area contributed by atoms with Crippen molar-refractivity contribution in [1.82, 2.24) is 0 Å². The van der Waals surface area contributed by atoms with Crippen LogP contribution < -0.4 is 5.32 Å². The summed E-state index contributed by atoms with van der Waals surface area (Å²) in [5.41, 5.74) is 0.654. The van der Waals surface area contributed by atoms with Crippen molar-refractivity contribution in [2.24, 2.45) is 0 Å². The van der Waals surface area contributed by atoms with Crippen LogP contribution in [0.15, 0.2) is 29.2 Å². The number of para-hydroxylation sites is 1. The number of hydrogen-bond acceptors (Lipinski definition) is 4. The third-order valence-corrected chi connectivity index (χ3v) is 4.86. The zero-order valence-corrected chi connectivity index (χ0v) is 12.4. The Hall–Kier alpha value is -1.07. The standard InChI is InChI=1S/C14H23NO3S/c1-3-11-19(17,18)14-9-5-4-8-13(14)15-12(2)7-6-10-16/h4-5,8-9,12,15-16H,3,6-7,10-11H2,1-2H3. The number of aliphatic hydroxyl groups is 1. The van der Waals surface area contributed by atoms with E-state index in [0.29, 0.717) is 23.4 Å². The van der Waals surface area contributed by atoms with E-state index in [4.69, 9.17) is 5.11 Å². The van der Waals surface area contributed by atoms with E-state index in [2.05, 4.69) is 5.32 Å². The monoisotopic (exact) mass is 285 g/mol. The van der Waals surface area contributed by atoms with Crippen molar-refractivity contribution in [2.45, 2.75) is 44.0 Å². The molecule has 1 atom stereocenters. The smallest absolute Gasteiger partial charge is 0.180 e. The molecule has 4 nitrogen and oxygen atoms in total. The van der Waals surface area contributed by atoms with Crippen molar-refractivity contribution in [3.05, 3.63) is 24.3 Å². The van der Waals surface area contributed by atoms with Crippen LogP contribution in [0.4, 0.5) is 5.69 Å². The van der Waals surface area contributed by atoms with Gasteiger partial charge in [0.25, 0.3) is 0 Å². The van der Waals surface area contributed by atoms with E-state index in [1.54, 1.807) is 18.2 Å². The number of sulfone groups is 1. The molecule has 1 rings (SSSR count). The fourth-order valence-corrected chi connectivity index (χ4v) is 3.48. The SMILES string of the molecule is CCCS(=O)(=O)c1ccccc1NC(C)CCCO. The molecule has 1 unspecified atom stereocenters. The fraction of sp³-hybridized carbons (Fsp3) is 0.571. The molecule has 1 aromatic rings. The van der Waals surface area contributed by atoms with E-state index in [0.717, 1.165) is 6.42 Å². The van der Waals surface area contributed by atoms with E-state index in [1.807, 2.05) is 19.9 Å². The van der Waals surface area contributed by atoms with Crippen LogP contribution in [0.3, 0.4) is 0 Å². The van der Waals surface area contributed by atoms with Gasteiger partial charge in [-0.3, -0.25) is 0 Å². The lowest BCUT2D eigenvalue weighted by atomic mass is 10.2. The fourth-order valence-electron chi connectivity index (χ4n) is 1.97. The maximum absolute atomic E-state index is 12.2. The Morgan fingerprint density at radius 1 is 1.32 bits per heavy atom. The highest BCUT2D eigenvalue weighted by Crippen LogP contribution is 2.23. The topological polar surface area (TPSA) is 66.4 Å². The molecule has 0 radical (unpaired) electrons. The lowest BCUT2D eigenvalue weighted by Crippen LogP contribution is -2.18. The summed E-state index contributed by atoms with van der Waals surface area (Å²) >= 11 is 0. The van der Waals surface area contributed by atoms with E-state index in [-0.39, 0.29) is 18.4 Å². The molecule has 108 valence electrons. The molecular formula is C14H23NO3S. The van der Waals surface area contributed by atoms with Gasteiger partial charge < -0.3 is 10.4 Å². The molecular weight excluding hydrogens is 262 g/mol. The van der Waals surface area contributed by atoms with Crippen LogP contribution in [0.2, 0.25) is 0 Å². The largest absolute Gasteiger partial charge is 0.396 e. The minimum Gasteiger partial charge on any atom is -0.396 e. The predicted molar refractivity (Wildman–Crippen MR) is 78.2 cm³/mol. The summed E-state index contributed by atoms with van der Waals surface area (Å²) in [6.45, 7) is 4.00. The van der Waals surface area contributed by atoms with Crippen molar-refractivity contribution in [2.75, 3.05) is 17.7 Å². The molecule has 0 spiro atoms. The lowest BCUT2D eigenvalue weighted by molar-refractivity contribution is 0.282. The van der Waals surface area contributed by atoms with Crippen LogP contribution >= 0.6 is 0 Å². The first-order valence-corrected chi connectivity index (χ1v) is 8.35. The van der Waals surface area contributed by atoms with E-state index in [1.165, 1.54) is 0 Å². The van der Waals surface area contributed by atoms with Crippen LogP contribution in [0.5, 0.6) is 0 Å². The van der Waals surface area contributed by atoms with Gasteiger partial charge in [-0.15, -0.1) is 0 Å². The summed E-state index contributed by atoms with van der Waals surface area (Å²) in [7, 11) is -3.22. The van der Waals surface area contributed by atoms with Gasteiger partial charge >= 0.3 is 0 Å². The maximum atomic E-state index is 12.2. The number of hydrogen-bond donors (Lipinski definition) is 2. The molecule has 0 saturated heterocycles. The number of benzene rings is 1. The van der Waals surface area contributed by atoms with Crippen molar-refractivity contribution >= 4 is 15.5 Å². The molecule has 0 fully saturated rings. The van der Waals surface area contributed by atoms with Gasteiger partial charge in [0, 0.05) is 12.6 Å². The number of aliphatic hydroxyl groups excluding tert-OH is 1. The first-order valence-electron chi connectivity index (χ1n) is 6.70. The van der Waals surface area contributed by atoms with Crippen molar-refractivity contribution < 1.29 is 13.5 Å². The molecule has 0 saturated carbocycles. The summed E-state index contributed by atoms with van der Waals surface area (Å²) in [5.74, 6) is 0.163. The Morgan fingerprint density at radius 3 is 2.63 bits per heavy atom. The molecule has 0 aliphatic carbocycles. The molecule has 0 bridgehead atoms. The summed E-state index contributed by atoms with van der Waals surface area (Å²) in [6, 6.07) is 7.13. The Balaban J connectivity index is 2.90. The Kier molecular flexibility index (Phi) is 6.31. The molecule has 2 N–H and O–H groups in total. The second kappa shape index (κ2) is 7.50. The molecule has 0 amide bonds. The Labute approximate surface area is 115 Å². The third-order valence-electron chi connectivity index (χ3n) is 2.89. The van der Waals surface area contributed by atoms with Gasteiger partial charge in [0.1, 0.15) is 0 Å². The zero-order chi connectivity index (χ0) is 14.3. The van der Waals surface area contributed by atoms with Gasteiger partial charge in [-0.2, -0.15) is 0 Å². The van der Waals surface area contributed by atoms with Crippen molar-refractivity contribution in [3.8, 4) is 0 Å². The zero-order valence-electron chi connectivity index (χ0n) is 11.6. The number of rotatable bonds is 8. The van der Waals surface area contributed by atoms with Gasteiger partial charge in [-0.25, -0.2) is 8.42 Å². The number of nitrogens with one attached hydrogen (secondary N) is 1. The van der Waals surface area contributed by atoms with E-state index >= 15 is 0 Å². The van der Waals surface area contributed by atoms with Crippen LogP contribution in [-0.2, 0) is 9.84 Å². The molecule has 0 aliphatic rings. The second-order valence-corrected chi connectivity index (χ2v) is 6.80. The van der Waals surface area contributed by atoms with Crippen molar-refractivity contribution in [1.29, 1.82) is 0 Å². The van der Waals surface area contributed by atoms with Gasteiger partial charge in [0.2, 0.25) is 0 Å².